The fraction of sp³-hybridized carbons (Fsp3) is 0. The van der Waals surface area contributed by atoms with E-state index in [9.17, 15) is 14.3 Å². The van der Waals surface area contributed by atoms with Gasteiger partial charge in [0.25, 0.3) is 0 Å². The molecule has 6 nitrogen and oxygen atoms in total. The van der Waals surface area contributed by atoms with Gasteiger partial charge in [-0.2, -0.15) is 4.21 Å². The number of aromatic nitrogens is 1. The van der Waals surface area contributed by atoms with E-state index < -0.39 is 4.92 Å². The third kappa shape index (κ3) is 1.88. The molecule has 1 aromatic rings. The molecule has 0 fully saturated rings. The molecule has 0 saturated carbocycles. The molecule has 0 spiro atoms. The van der Waals surface area contributed by atoms with Crippen LogP contribution in [-0.4, -0.2) is 14.1 Å². The van der Waals surface area contributed by atoms with Crippen LogP contribution in [0.2, 0.25) is 0 Å². The molecule has 0 aromatic carbocycles. The molecule has 0 N–H and O–H groups in total. The van der Waals surface area contributed by atoms with Gasteiger partial charge in [0.2, 0.25) is 16.6 Å². The van der Waals surface area contributed by atoms with Crippen molar-refractivity contribution in [1.82, 2.24) is 4.98 Å². The Kier molecular flexibility index (Phi) is 2.39. The highest BCUT2D eigenvalue weighted by molar-refractivity contribution is 7.55. The number of thiazole rings is 1. The van der Waals surface area contributed by atoms with Crippen LogP contribution < -0.4 is 0 Å². The average Bonchev–Trinajstić information content (AvgIpc) is 2.37. The van der Waals surface area contributed by atoms with Gasteiger partial charge in [0.15, 0.2) is 0 Å². The van der Waals surface area contributed by atoms with Crippen LogP contribution in [0.4, 0.5) is 10.1 Å². The molecular formula is C3HN3O3S2. The zero-order chi connectivity index (χ0) is 8.27. The monoisotopic (exact) mass is 191 g/mol. The molecule has 0 bridgehead atoms. The fourth-order valence-electron chi connectivity index (χ4n) is 0.415. The van der Waals surface area contributed by atoms with E-state index in [1.807, 2.05) is 0 Å². The lowest BCUT2D eigenvalue weighted by atomic mass is 10.9. The van der Waals surface area contributed by atoms with E-state index in [-0.39, 0.29) is 21.6 Å². The van der Waals surface area contributed by atoms with Crippen molar-refractivity contribution >= 4 is 32.9 Å². The average molecular weight is 191 g/mol. The first-order valence-electron chi connectivity index (χ1n) is 2.34. The van der Waals surface area contributed by atoms with E-state index in [4.69, 9.17) is 0 Å². The summed E-state index contributed by atoms with van der Waals surface area (Å²) in [5, 5.41) is 10.1. The second-order valence-electron chi connectivity index (χ2n) is 1.40. The number of rotatable bonds is 2. The molecule has 1 rings (SSSR count). The quantitative estimate of drug-likeness (QED) is 0.517. The van der Waals surface area contributed by atoms with Crippen LogP contribution in [0.15, 0.2) is 10.6 Å². The summed E-state index contributed by atoms with van der Waals surface area (Å²) in [5.74, 6) is 0. The minimum atomic E-state index is -0.577. The predicted octanol–water partition coefficient (Wildman–Crippen LogP) is 1.08. The lowest BCUT2D eigenvalue weighted by Gasteiger charge is -1.76. The Labute approximate surface area is 68.3 Å². The van der Waals surface area contributed by atoms with Crippen LogP contribution in [0.5, 0.6) is 0 Å². The molecule has 0 radical (unpaired) electrons. The molecule has 0 saturated heterocycles. The largest absolute Gasteiger partial charge is 0.345 e. The predicted molar refractivity (Wildman–Crippen MR) is 39.0 cm³/mol. The first kappa shape index (κ1) is 7.95. The van der Waals surface area contributed by atoms with Crippen LogP contribution >= 0.6 is 11.3 Å². The maximum Gasteiger partial charge on any atom is 0.345 e. The molecule has 11 heavy (non-hydrogen) atoms. The normalized spacial score (nSPS) is 9.09. The highest BCUT2D eigenvalue weighted by atomic mass is 32.1. The fourth-order valence-corrected chi connectivity index (χ4v) is 1.24. The van der Waals surface area contributed by atoms with Gasteiger partial charge in [0.05, 0.1) is 4.92 Å². The summed E-state index contributed by atoms with van der Waals surface area (Å²) in [7, 11) is 0. The van der Waals surface area contributed by atoms with Crippen molar-refractivity contribution in [2.24, 2.45) is 4.36 Å². The third-order valence-corrected chi connectivity index (χ3v) is 1.98. The van der Waals surface area contributed by atoms with Crippen molar-refractivity contribution in [3.8, 4) is 0 Å². The molecule has 0 amide bonds. The highest BCUT2D eigenvalue weighted by Crippen LogP contribution is 2.26. The van der Waals surface area contributed by atoms with Crippen molar-refractivity contribution in [2.75, 3.05) is 0 Å². The zero-order valence-corrected chi connectivity index (χ0v) is 6.59. The Morgan fingerprint density at radius 2 is 2.55 bits per heavy atom. The number of hydrogen-bond donors (Lipinski definition) is 0. The minimum absolute atomic E-state index is 0.0199. The van der Waals surface area contributed by atoms with Crippen LogP contribution in [0.1, 0.15) is 0 Å². The van der Waals surface area contributed by atoms with Crippen LogP contribution in [0.25, 0.3) is 0 Å². The van der Waals surface area contributed by atoms with Gasteiger partial charge in [-0.15, -0.1) is 4.36 Å². The van der Waals surface area contributed by atoms with E-state index in [0.717, 1.165) is 17.5 Å². The summed E-state index contributed by atoms with van der Waals surface area (Å²) in [6, 6.07) is 0. The number of nitrogens with zero attached hydrogens (tertiary/aromatic N) is 3. The number of hydrogen-bond acceptors (Lipinski definition) is 6. The molecule has 8 heteroatoms. The van der Waals surface area contributed by atoms with E-state index >= 15 is 0 Å². The van der Waals surface area contributed by atoms with Gasteiger partial charge in [0, 0.05) is 0 Å². The van der Waals surface area contributed by atoms with Gasteiger partial charge in [-0.25, -0.2) is 4.98 Å². The van der Waals surface area contributed by atoms with Gasteiger partial charge in [0.1, 0.15) is 6.20 Å². The Balaban J connectivity index is 2.99. The van der Waals surface area contributed by atoms with Crippen molar-refractivity contribution in [1.29, 1.82) is 0 Å². The van der Waals surface area contributed by atoms with Crippen molar-refractivity contribution in [3.05, 3.63) is 16.3 Å². The molecule has 0 aliphatic carbocycles. The summed E-state index contributed by atoms with van der Waals surface area (Å²) in [5.41, 5.74) is 0. The Bertz CT molecular complexity index is 312. The Hall–Kier alpha value is -1.15. The SMILES string of the molecule is O=S=Nc1ncc([N+](=O)[O-])s1. The summed E-state index contributed by atoms with van der Waals surface area (Å²) >= 11 is 0.748. The van der Waals surface area contributed by atoms with Gasteiger partial charge in [-0.05, 0) is 11.3 Å². The van der Waals surface area contributed by atoms with Crippen molar-refractivity contribution in [2.45, 2.75) is 0 Å². The topological polar surface area (TPSA) is 85.5 Å². The molecular weight excluding hydrogens is 190 g/mol. The van der Waals surface area contributed by atoms with Gasteiger partial charge in [-0.3, -0.25) is 10.1 Å². The van der Waals surface area contributed by atoms with Crippen LogP contribution in [0, 0.1) is 10.1 Å². The zero-order valence-electron chi connectivity index (χ0n) is 4.96. The third-order valence-electron chi connectivity index (χ3n) is 0.777. The first-order chi connectivity index (χ1) is 5.24. The maximum absolute atomic E-state index is 10.1. The van der Waals surface area contributed by atoms with Crippen molar-refractivity contribution < 1.29 is 9.13 Å². The second kappa shape index (κ2) is 3.30. The first-order valence-corrected chi connectivity index (χ1v) is 3.86. The standard InChI is InChI=1S/C3HN3O3S2/c7-6(8)2-1-4-3(10-2)5-11-9/h1H. The van der Waals surface area contributed by atoms with Crippen LogP contribution in [0.3, 0.4) is 0 Å². The minimum Gasteiger partial charge on any atom is -0.257 e. The smallest absolute Gasteiger partial charge is 0.257 e. The molecule has 0 unspecified atom stereocenters. The second-order valence-corrected chi connectivity index (χ2v) is 2.72. The highest BCUT2D eigenvalue weighted by Gasteiger charge is 2.09. The van der Waals surface area contributed by atoms with E-state index in [1.165, 1.54) is 0 Å². The molecule has 1 aromatic heterocycles. The molecule has 0 atom stereocenters. The number of nitro groups is 1. The molecule has 58 valence electrons. The lowest BCUT2D eigenvalue weighted by molar-refractivity contribution is -0.380. The summed E-state index contributed by atoms with van der Waals surface area (Å²) in [6.45, 7) is 0. The van der Waals surface area contributed by atoms with Crippen molar-refractivity contribution in [3.63, 3.8) is 0 Å². The maximum atomic E-state index is 10.1. The Morgan fingerprint density at radius 3 is 3.00 bits per heavy atom. The van der Waals surface area contributed by atoms with Gasteiger partial charge >= 0.3 is 5.00 Å². The molecule has 0 aliphatic heterocycles. The summed E-state index contributed by atoms with van der Waals surface area (Å²) in [4.78, 5) is 13.0. The van der Waals surface area contributed by atoms with Gasteiger partial charge < -0.3 is 0 Å². The Morgan fingerprint density at radius 1 is 1.82 bits per heavy atom. The van der Waals surface area contributed by atoms with Crippen LogP contribution in [-0.2, 0) is 11.5 Å². The molecule has 0 aliphatic rings. The van der Waals surface area contributed by atoms with E-state index in [1.54, 1.807) is 0 Å². The lowest BCUT2D eigenvalue weighted by Crippen LogP contribution is -1.80. The summed E-state index contributed by atoms with van der Waals surface area (Å²) in [6.07, 6.45) is 1.07. The van der Waals surface area contributed by atoms with Gasteiger partial charge in [-0.1, -0.05) is 0 Å². The van der Waals surface area contributed by atoms with E-state index in [0.29, 0.717) is 0 Å². The molecule has 1 heterocycles. The summed E-state index contributed by atoms with van der Waals surface area (Å²) < 4.78 is 13.1. The van der Waals surface area contributed by atoms with E-state index in [2.05, 4.69) is 9.35 Å².